The Morgan fingerprint density at radius 3 is 2.76 bits per heavy atom. The zero-order valence-electron chi connectivity index (χ0n) is 9.93. The fourth-order valence-electron chi connectivity index (χ4n) is 1.65. The molecule has 17 heavy (non-hydrogen) atoms. The highest BCUT2D eigenvalue weighted by atomic mass is 16.6. The van der Waals surface area contributed by atoms with E-state index in [9.17, 15) is 4.79 Å². The predicted octanol–water partition coefficient (Wildman–Crippen LogP) is 2.40. The first kappa shape index (κ1) is 11.4. The van der Waals surface area contributed by atoms with E-state index in [0.717, 1.165) is 10.9 Å². The molecule has 0 aliphatic carbocycles. The van der Waals surface area contributed by atoms with E-state index in [1.54, 1.807) is 4.90 Å². The van der Waals surface area contributed by atoms with Crippen LogP contribution in [0.3, 0.4) is 0 Å². The van der Waals surface area contributed by atoms with Gasteiger partial charge in [-0.3, -0.25) is 5.10 Å². The van der Waals surface area contributed by atoms with E-state index < -0.39 is 0 Å². The number of rotatable bonds is 3. The van der Waals surface area contributed by atoms with Crippen molar-refractivity contribution in [3.05, 3.63) is 24.3 Å². The Kier molecular flexibility index (Phi) is 3.27. The van der Waals surface area contributed by atoms with E-state index in [2.05, 4.69) is 10.2 Å². The van der Waals surface area contributed by atoms with Gasteiger partial charge in [-0.15, -0.1) is 5.10 Å². The standard InChI is InChI=1S/C12H15N3O2/c1-3-15(4-2)12(16)17-11-9-7-5-6-8-10(9)13-14-11/h5-8H,3-4H2,1-2H3,(H,13,14). The third-order valence-corrected chi connectivity index (χ3v) is 2.64. The van der Waals surface area contributed by atoms with Crippen LogP contribution in [0.2, 0.25) is 0 Å². The zero-order valence-corrected chi connectivity index (χ0v) is 9.93. The summed E-state index contributed by atoms with van der Waals surface area (Å²) in [6.07, 6.45) is -0.368. The number of aromatic nitrogens is 2. The third-order valence-electron chi connectivity index (χ3n) is 2.64. The van der Waals surface area contributed by atoms with Crippen molar-refractivity contribution >= 4 is 17.0 Å². The summed E-state index contributed by atoms with van der Waals surface area (Å²) in [6, 6.07) is 7.53. The average Bonchev–Trinajstić information content (AvgIpc) is 2.74. The first-order valence-electron chi connectivity index (χ1n) is 5.66. The summed E-state index contributed by atoms with van der Waals surface area (Å²) >= 11 is 0. The molecule has 0 unspecified atom stereocenters. The summed E-state index contributed by atoms with van der Waals surface area (Å²) in [5.41, 5.74) is 0.856. The van der Waals surface area contributed by atoms with Gasteiger partial charge in [0.25, 0.3) is 5.88 Å². The largest absolute Gasteiger partial charge is 0.416 e. The maximum atomic E-state index is 11.8. The molecule has 1 N–H and O–H groups in total. The van der Waals surface area contributed by atoms with Gasteiger partial charge in [0.15, 0.2) is 0 Å². The monoisotopic (exact) mass is 233 g/mol. The van der Waals surface area contributed by atoms with Crippen molar-refractivity contribution < 1.29 is 9.53 Å². The molecule has 0 spiro atoms. The highest BCUT2D eigenvalue weighted by Crippen LogP contribution is 2.22. The Hall–Kier alpha value is -2.04. The molecule has 90 valence electrons. The molecular weight excluding hydrogens is 218 g/mol. The van der Waals surface area contributed by atoms with Gasteiger partial charge in [-0.2, -0.15) is 0 Å². The Bertz CT molecular complexity index is 517. The minimum absolute atomic E-state index is 0.331. The van der Waals surface area contributed by atoms with Crippen molar-refractivity contribution in [3.63, 3.8) is 0 Å². The maximum Gasteiger partial charge on any atom is 0.416 e. The van der Waals surface area contributed by atoms with Gasteiger partial charge in [0.1, 0.15) is 0 Å². The van der Waals surface area contributed by atoms with Gasteiger partial charge >= 0.3 is 6.09 Å². The lowest BCUT2D eigenvalue weighted by Gasteiger charge is -2.16. The molecule has 1 heterocycles. The van der Waals surface area contributed by atoms with Crippen LogP contribution in [0.25, 0.3) is 10.9 Å². The lowest BCUT2D eigenvalue weighted by Crippen LogP contribution is -2.33. The van der Waals surface area contributed by atoms with Crippen LogP contribution in [0.4, 0.5) is 4.79 Å². The van der Waals surface area contributed by atoms with Gasteiger partial charge in [-0.05, 0) is 26.0 Å². The number of hydrogen-bond acceptors (Lipinski definition) is 3. The van der Waals surface area contributed by atoms with Gasteiger partial charge in [0.2, 0.25) is 0 Å². The number of hydrogen-bond donors (Lipinski definition) is 1. The molecule has 0 saturated carbocycles. The van der Waals surface area contributed by atoms with Crippen LogP contribution in [0.5, 0.6) is 5.88 Å². The topological polar surface area (TPSA) is 58.2 Å². The van der Waals surface area contributed by atoms with Crippen LogP contribution >= 0.6 is 0 Å². The fraction of sp³-hybridized carbons (Fsp3) is 0.333. The summed E-state index contributed by atoms with van der Waals surface area (Å²) in [7, 11) is 0. The number of amides is 1. The number of carbonyl (C=O) groups is 1. The number of nitrogens with zero attached hydrogens (tertiary/aromatic N) is 2. The molecule has 5 heteroatoms. The number of para-hydroxylation sites is 1. The Morgan fingerprint density at radius 2 is 2.06 bits per heavy atom. The van der Waals surface area contributed by atoms with Crippen molar-refractivity contribution in [3.8, 4) is 5.88 Å². The quantitative estimate of drug-likeness (QED) is 0.885. The molecule has 0 aliphatic heterocycles. The molecule has 5 nitrogen and oxygen atoms in total. The molecule has 0 saturated heterocycles. The molecular formula is C12H15N3O2. The third kappa shape index (κ3) is 2.22. The SMILES string of the molecule is CCN(CC)C(=O)Oc1n[nH]c2ccccc12. The first-order valence-corrected chi connectivity index (χ1v) is 5.66. The van der Waals surface area contributed by atoms with Crippen molar-refractivity contribution in [1.29, 1.82) is 0 Å². The second kappa shape index (κ2) is 4.86. The average molecular weight is 233 g/mol. The predicted molar refractivity (Wildman–Crippen MR) is 65.0 cm³/mol. The fourth-order valence-corrected chi connectivity index (χ4v) is 1.65. The number of carbonyl (C=O) groups excluding carboxylic acids is 1. The second-order valence-corrected chi connectivity index (χ2v) is 3.61. The molecule has 1 aromatic heterocycles. The van der Waals surface area contributed by atoms with E-state index in [4.69, 9.17) is 4.74 Å². The van der Waals surface area contributed by atoms with Crippen LogP contribution < -0.4 is 4.74 Å². The van der Waals surface area contributed by atoms with E-state index in [0.29, 0.717) is 19.0 Å². The Labute approximate surface area is 99.4 Å². The number of ether oxygens (including phenoxy) is 1. The van der Waals surface area contributed by atoms with E-state index in [1.165, 1.54) is 0 Å². The first-order chi connectivity index (χ1) is 8.26. The van der Waals surface area contributed by atoms with Crippen LogP contribution in [0.1, 0.15) is 13.8 Å². The normalized spacial score (nSPS) is 10.5. The zero-order chi connectivity index (χ0) is 12.3. The number of H-pyrrole nitrogens is 1. The number of benzene rings is 1. The summed E-state index contributed by atoms with van der Waals surface area (Å²) in [5.74, 6) is 0.331. The minimum Gasteiger partial charge on any atom is -0.389 e. The van der Waals surface area contributed by atoms with Gasteiger partial charge in [-0.25, -0.2) is 4.79 Å². The summed E-state index contributed by atoms with van der Waals surface area (Å²) < 4.78 is 5.26. The van der Waals surface area contributed by atoms with Crippen molar-refractivity contribution in [2.45, 2.75) is 13.8 Å². The molecule has 0 aliphatic rings. The van der Waals surface area contributed by atoms with Crippen LogP contribution in [-0.2, 0) is 0 Å². The summed E-state index contributed by atoms with van der Waals surface area (Å²) in [5, 5.41) is 7.63. The summed E-state index contributed by atoms with van der Waals surface area (Å²) in [4.78, 5) is 13.4. The molecule has 2 aromatic rings. The van der Waals surface area contributed by atoms with Crippen LogP contribution in [0, 0.1) is 0 Å². The lowest BCUT2D eigenvalue weighted by molar-refractivity contribution is 0.156. The lowest BCUT2D eigenvalue weighted by atomic mass is 10.2. The van der Waals surface area contributed by atoms with E-state index in [-0.39, 0.29) is 6.09 Å². The molecule has 0 bridgehead atoms. The van der Waals surface area contributed by atoms with Gasteiger partial charge < -0.3 is 9.64 Å². The Balaban J connectivity index is 2.21. The number of fused-ring (bicyclic) bond motifs is 1. The van der Waals surface area contributed by atoms with E-state index in [1.807, 2.05) is 38.1 Å². The second-order valence-electron chi connectivity index (χ2n) is 3.61. The summed E-state index contributed by atoms with van der Waals surface area (Å²) in [6.45, 7) is 5.07. The highest BCUT2D eigenvalue weighted by molar-refractivity contribution is 5.86. The molecule has 1 amide bonds. The van der Waals surface area contributed by atoms with Crippen molar-refractivity contribution in [2.24, 2.45) is 0 Å². The van der Waals surface area contributed by atoms with Gasteiger partial charge in [0.05, 0.1) is 10.9 Å². The molecule has 0 atom stereocenters. The maximum absolute atomic E-state index is 11.8. The Morgan fingerprint density at radius 1 is 1.35 bits per heavy atom. The van der Waals surface area contributed by atoms with Gasteiger partial charge in [0, 0.05) is 13.1 Å². The molecule has 0 radical (unpaired) electrons. The highest BCUT2D eigenvalue weighted by Gasteiger charge is 2.15. The van der Waals surface area contributed by atoms with Gasteiger partial charge in [-0.1, -0.05) is 12.1 Å². The van der Waals surface area contributed by atoms with Crippen molar-refractivity contribution in [2.75, 3.05) is 13.1 Å². The molecule has 2 rings (SSSR count). The smallest absolute Gasteiger partial charge is 0.389 e. The number of nitrogens with one attached hydrogen (secondary N) is 1. The molecule has 1 aromatic carbocycles. The van der Waals surface area contributed by atoms with Crippen LogP contribution in [0.15, 0.2) is 24.3 Å². The molecule has 0 fully saturated rings. The minimum atomic E-state index is -0.368. The van der Waals surface area contributed by atoms with E-state index >= 15 is 0 Å². The van der Waals surface area contributed by atoms with Crippen molar-refractivity contribution in [1.82, 2.24) is 15.1 Å². The van der Waals surface area contributed by atoms with Crippen LogP contribution in [-0.4, -0.2) is 34.3 Å². The number of aromatic amines is 1.